The van der Waals surface area contributed by atoms with Crippen molar-refractivity contribution in [3.8, 4) is 39.6 Å². The van der Waals surface area contributed by atoms with E-state index in [2.05, 4.69) is 10.5 Å². The molecule has 0 spiro atoms. The molecule has 1 heterocycles. The minimum atomic E-state index is -0.0897. The second-order valence-electron chi connectivity index (χ2n) is 7.24. The lowest BCUT2D eigenvalue weighted by molar-refractivity contribution is -0.134. The fourth-order valence-corrected chi connectivity index (χ4v) is 3.77. The number of nitrogens with zero attached hydrogens (tertiary/aromatic N) is 2. The third-order valence-corrected chi connectivity index (χ3v) is 5.98. The van der Waals surface area contributed by atoms with Gasteiger partial charge in [0, 0.05) is 11.5 Å². The number of carbonyl (C=O) groups excluding carboxylic acids is 1. The van der Waals surface area contributed by atoms with Crippen LogP contribution in [0.3, 0.4) is 0 Å². The molecule has 0 atom stereocenters. The van der Waals surface area contributed by atoms with Crippen LogP contribution in [0.15, 0.2) is 42.6 Å². The van der Waals surface area contributed by atoms with Crippen molar-refractivity contribution < 1.29 is 19.1 Å². The lowest BCUT2D eigenvalue weighted by Gasteiger charge is -2.24. The largest absolute Gasteiger partial charge is 0.497 e. The first-order valence-electron chi connectivity index (χ1n) is 9.87. The first-order valence-corrected chi connectivity index (χ1v) is 10.7. The van der Waals surface area contributed by atoms with E-state index in [1.54, 1.807) is 19.2 Å². The number of hydroxylamine groups is 1. The number of carbonyl (C=O) groups is 1. The highest BCUT2D eigenvalue weighted by molar-refractivity contribution is 7.13. The van der Waals surface area contributed by atoms with Crippen LogP contribution >= 0.6 is 11.3 Å². The number of ether oxygens (including phenoxy) is 2. The second-order valence-corrected chi connectivity index (χ2v) is 8.24. The van der Waals surface area contributed by atoms with Crippen molar-refractivity contribution in [1.29, 1.82) is 5.26 Å². The maximum Gasteiger partial charge on any atom is 0.279 e. The topological polar surface area (TPSA) is 93.5 Å². The van der Waals surface area contributed by atoms with E-state index in [0.717, 1.165) is 36.0 Å². The molecule has 4 rings (SSSR count). The van der Waals surface area contributed by atoms with Crippen LogP contribution in [0.25, 0.3) is 11.1 Å². The van der Waals surface area contributed by atoms with Crippen molar-refractivity contribution >= 4 is 17.2 Å². The van der Waals surface area contributed by atoms with Gasteiger partial charge in [-0.1, -0.05) is 23.8 Å². The van der Waals surface area contributed by atoms with E-state index in [-0.39, 0.29) is 11.8 Å². The predicted octanol–water partition coefficient (Wildman–Crippen LogP) is 5.00. The van der Waals surface area contributed by atoms with Gasteiger partial charge in [-0.3, -0.25) is 4.79 Å². The quantitative estimate of drug-likeness (QED) is 0.525. The summed E-state index contributed by atoms with van der Waals surface area (Å²) in [4.78, 5) is 22.4. The summed E-state index contributed by atoms with van der Waals surface area (Å²) in [5, 5.41) is 9.36. The summed E-state index contributed by atoms with van der Waals surface area (Å²) in [6.07, 6.45) is 4.38. The van der Waals surface area contributed by atoms with E-state index < -0.39 is 0 Å². The molecule has 0 aliphatic heterocycles. The van der Waals surface area contributed by atoms with Gasteiger partial charge in [0.05, 0.1) is 13.3 Å². The number of nitrogens with one attached hydrogen (secondary N) is 1. The second kappa shape index (κ2) is 9.06. The van der Waals surface area contributed by atoms with Crippen molar-refractivity contribution in [2.45, 2.75) is 26.2 Å². The molecule has 1 aromatic heterocycles. The smallest absolute Gasteiger partial charge is 0.279 e. The fourth-order valence-electron chi connectivity index (χ4n) is 3.19. The number of thiazole rings is 1. The Balaban J connectivity index is 1.57. The minimum Gasteiger partial charge on any atom is -0.497 e. The van der Waals surface area contributed by atoms with Crippen LogP contribution in [0.4, 0.5) is 0 Å². The molecule has 1 aliphatic rings. The molecule has 1 saturated carbocycles. The molecule has 0 radical (unpaired) electrons. The molecule has 8 heteroatoms. The van der Waals surface area contributed by atoms with E-state index in [1.807, 2.05) is 37.3 Å². The summed E-state index contributed by atoms with van der Waals surface area (Å²) in [5.41, 5.74) is 5.13. The van der Waals surface area contributed by atoms with Crippen LogP contribution in [-0.4, -0.2) is 18.0 Å². The van der Waals surface area contributed by atoms with Gasteiger partial charge in [-0.15, -0.1) is 0 Å². The summed E-state index contributed by atoms with van der Waals surface area (Å²) in [7, 11) is 1.60. The van der Waals surface area contributed by atoms with Gasteiger partial charge in [0.25, 0.3) is 11.1 Å². The Morgan fingerprint density at radius 1 is 1.23 bits per heavy atom. The normalized spacial score (nSPS) is 13.1. The average molecular weight is 436 g/mol. The first kappa shape index (κ1) is 20.7. The molecule has 158 valence electrons. The lowest BCUT2D eigenvalue weighted by Crippen LogP contribution is -2.36. The number of amides is 1. The number of methoxy groups -OCH3 is 1. The van der Waals surface area contributed by atoms with Crippen LogP contribution in [-0.2, 0) is 4.79 Å². The van der Waals surface area contributed by atoms with Gasteiger partial charge < -0.3 is 14.3 Å². The Kier molecular flexibility index (Phi) is 6.05. The zero-order chi connectivity index (χ0) is 21.8. The van der Waals surface area contributed by atoms with Gasteiger partial charge in [0.15, 0.2) is 5.75 Å². The zero-order valence-electron chi connectivity index (χ0n) is 17.2. The summed E-state index contributed by atoms with van der Waals surface area (Å²) in [5.74, 6) is 1.80. The summed E-state index contributed by atoms with van der Waals surface area (Å²) in [6, 6.07) is 13.2. The summed E-state index contributed by atoms with van der Waals surface area (Å²) < 4.78 is 11.2. The monoisotopic (exact) mass is 435 g/mol. The standard InChI is InChI=1S/C23H21N3O4S/c1-14-10-16(6-8-20(14)29-23-25-13-18(12-24)31-23)19-11-17(28-2)7-9-21(19)30-26-22(27)15-4-3-5-15/h6-11,13,15H,3-5H2,1-2H3,(H,26,27). The maximum absolute atomic E-state index is 12.2. The molecular weight excluding hydrogens is 414 g/mol. The molecular formula is C23H21N3O4S. The SMILES string of the molecule is COc1ccc(ONC(=O)C2CCC2)c(-c2ccc(Oc3ncc(C#N)s3)c(C)c2)c1. The number of benzene rings is 2. The predicted molar refractivity (Wildman–Crippen MR) is 116 cm³/mol. The van der Waals surface area contributed by atoms with E-state index in [0.29, 0.717) is 27.3 Å². The van der Waals surface area contributed by atoms with Crippen LogP contribution in [0.5, 0.6) is 22.4 Å². The molecule has 0 saturated heterocycles. The van der Waals surface area contributed by atoms with Gasteiger partial charge in [-0.25, -0.2) is 4.98 Å². The van der Waals surface area contributed by atoms with Gasteiger partial charge in [0.2, 0.25) is 0 Å². The van der Waals surface area contributed by atoms with Crippen molar-refractivity contribution in [1.82, 2.24) is 10.5 Å². The molecule has 1 N–H and O–H groups in total. The number of nitriles is 1. The van der Waals surface area contributed by atoms with Crippen molar-refractivity contribution in [2.75, 3.05) is 7.11 Å². The molecule has 1 aliphatic carbocycles. The van der Waals surface area contributed by atoms with E-state index in [4.69, 9.17) is 19.6 Å². The molecule has 0 unspecified atom stereocenters. The van der Waals surface area contributed by atoms with Crippen molar-refractivity contribution in [3.63, 3.8) is 0 Å². The van der Waals surface area contributed by atoms with Gasteiger partial charge in [0.1, 0.15) is 22.4 Å². The van der Waals surface area contributed by atoms with Crippen molar-refractivity contribution in [2.24, 2.45) is 5.92 Å². The third kappa shape index (κ3) is 4.62. The van der Waals surface area contributed by atoms with E-state index >= 15 is 0 Å². The highest BCUT2D eigenvalue weighted by atomic mass is 32.1. The van der Waals surface area contributed by atoms with Gasteiger partial charge in [-0.05, 0) is 61.2 Å². The molecule has 7 nitrogen and oxygen atoms in total. The molecule has 1 amide bonds. The Morgan fingerprint density at radius 2 is 2.03 bits per heavy atom. The summed E-state index contributed by atoms with van der Waals surface area (Å²) >= 11 is 1.19. The number of aryl methyl sites for hydroxylation is 1. The highest BCUT2D eigenvalue weighted by Crippen LogP contribution is 2.37. The number of hydrogen-bond acceptors (Lipinski definition) is 7. The Bertz CT molecular complexity index is 1150. The third-order valence-electron chi connectivity index (χ3n) is 5.20. The summed E-state index contributed by atoms with van der Waals surface area (Å²) in [6.45, 7) is 1.93. The first-order chi connectivity index (χ1) is 15.1. The molecule has 0 bridgehead atoms. The molecule has 31 heavy (non-hydrogen) atoms. The van der Waals surface area contributed by atoms with Gasteiger partial charge in [-0.2, -0.15) is 10.7 Å². The van der Waals surface area contributed by atoms with Crippen molar-refractivity contribution in [3.05, 3.63) is 53.0 Å². The fraction of sp³-hybridized carbons (Fsp3) is 0.261. The molecule has 1 fully saturated rings. The average Bonchev–Trinajstić information content (AvgIpc) is 3.20. The number of rotatable bonds is 7. The Hall–Kier alpha value is -3.57. The highest BCUT2D eigenvalue weighted by Gasteiger charge is 2.26. The molecule has 2 aromatic carbocycles. The van der Waals surface area contributed by atoms with Crippen LogP contribution in [0.1, 0.15) is 29.7 Å². The Morgan fingerprint density at radius 3 is 2.68 bits per heavy atom. The maximum atomic E-state index is 12.2. The lowest BCUT2D eigenvalue weighted by atomic mass is 9.85. The van der Waals surface area contributed by atoms with Crippen LogP contribution in [0, 0.1) is 24.2 Å². The number of aromatic nitrogens is 1. The van der Waals surface area contributed by atoms with Crippen LogP contribution < -0.4 is 19.8 Å². The number of hydrogen-bond donors (Lipinski definition) is 1. The van der Waals surface area contributed by atoms with E-state index in [1.165, 1.54) is 17.5 Å². The Labute approximate surface area is 184 Å². The molecule has 3 aromatic rings. The minimum absolute atomic E-state index is 0.0350. The van der Waals surface area contributed by atoms with Crippen LogP contribution in [0.2, 0.25) is 0 Å². The zero-order valence-corrected chi connectivity index (χ0v) is 18.0. The van der Waals surface area contributed by atoms with E-state index in [9.17, 15) is 4.79 Å². The van der Waals surface area contributed by atoms with Gasteiger partial charge >= 0.3 is 0 Å².